The van der Waals surface area contributed by atoms with E-state index in [1.807, 2.05) is 0 Å². The van der Waals surface area contributed by atoms with E-state index < -0.39 is 23.5 Å². The van der Waals surface area contributed by atoms with E-state index in [0.29, 0.717) is 11.4 Å². The molecule has 0 bridgehead atoms. The fourth-order valence-corrected chi connectivity index (χ4v) is 1.98. The second-order valence-electron chi connectivity index (χ2n) is 5.07. The summed E-state index contributed by atoms with van der Waals surface area (Å²) in [5.74, 6) is -1.13. The molecule has 1 aromatic heterocycles. The van der Waals surface area contributed by atoms with Gasteiger partial charge in [0.1, 0.15) is 18.3 Å². The van der Waals surface area contributed by atoms with Gasteiger partial charge in [-0.1, -0.05) is 12.1 Å². The van der Waals surface area contributed by atoms with Gasteiger partial charge in [-0.15, -0.1) is 0 Å². The van der Waals surface area contributed by atoms with Gasteiger partial charge < -0.3 is 15.2 Å². The van der Waals surface area contributed by atoms with Crippen LogP contribution < -0.4 is 15.6 Å². The van der Waals surface area contributed by atoms with Crippen LogP contribution in [0.25, 0.3) is 11.3 Å². The van der Waals surface area contributed by atoms with Crippen LogP contribution in [-0.4, -0.2) is 39.9 Å². The number of nitrogens with zero attached hydrogens (tertiary/aromatic N) is 2. The van der Waals surface area contributed by atoms with Gasteiger partial charge in [-0.2, -0.15) is 5.10 Å². The zero-order chi connectivity index (χ0) is 17.7. The van der Waals surface area contributed by atoms with Gasteiger partial charge in [-0.25, -0.2) is 4.68 Å². The predicted molar refractivity (Wildman–Crippen MR) is 85.7 cm³/mol. The Morgan fingerprint density at radius 1 is 1.33 bits per heavy atom. The van der Waals surface area contributed by atoms with Gasteiger partial charge in [0.05, 0.1) is 12.8 Å². The first kappa shape index (κ1) is 17.2. The van der Waals surface area contributed by atoms with Crippen molar-refractivity contribution < 1.29 is 19.4 Å². The van der Waals surface area contributed by atoms with Crippen LogP contribution in [0, 0.1) is 0 Å². The van der Waals surface area contributed by atoms with Crippen molar-refractivity contribution in [3.63, 3.8) is 0 Å². The summed E-state index contributed by atoms with van der Waals surface area (Å²) in [6.07, 6.45) is 0. The molecular formula is C16H17N3O5. The summed E-state index contributed by atoms with van der Waals surface area (Å²) >= 11 is 0. The van der Waals surface area contributed by atoms with E-state index in [-0.39, 0.29) is 6.54 Å². The molecule has 0 saturated carbocycles. The van der Waals surface area contributed by atoms with Crippen LogP contribution in [0.3, 0.4) is 0 Å². The van der Waals surface area contributed by atoms with Crippen molar-refractivity contribution >= 4 is 11.9 Å². The molecule has 0 aliphatic carbocycles. The van der Waals surface area contributed by atoms with E-state index in [0.717, 1.165) is 10.2 Å². The lowest BCUT2D eigenvalue weighted by molar-refractivity contribution is -0.141. The van der Waals surface area contributed by atoms with Gasteiger partial charge in [0, 0.05) is 11.6 Å². The van der Waals surface area contributed by atoms with E-state index in [1.165, 1.54) is 13.0 Å². The highest BCUT2D eigenvalue weighted by molar-refractivity contribution is 5.83. The Hall–Kier alpha value is -3.16. The molecule has 2 aromatic rings. The Labute approximate surface area is 137 Å². The van der Waals surface area contributed by atoms with Crippen molar-refractivity contribution in [1.29, 1.82) is 0 Å². The number of methoxy groups -OCH3 is 1. The first-order chi connectivity index (χ1) is 11.4. The summed E-state index contributed by atoms with van der Waals surface area (Å²) < 4.78 is 6.13. The molecule has 1 heterocycles. The minimum absolute atomic E-state index is 0.367. The molecule has 0 aliphatic rings. The molecule has 0 aliphatic heterocycles. The summed E-state index contributed by atoms with van der Waals surface area (Å²) in [7, 11) is 1.54. The molecule has 8 nitrogen and oxygen atoms in total. The van der Waals surface area contributed by atoms with Gasteiger partial charge in [0.25, 0.3) is 5.56 Å². The van der Waals surface area contributed by atoms with Crippen LogP contribution in [0.4, 0.5) is 0 Å². The van der Waals surface area contributed by atoms with Crippen LogP contribution in [0.15, 0.2) is 41.2 Å². The third kappa shape index (κ3) is 4.19. The van der Waals surface area contributed by atoms with Crippen molar-refractivity contribution in [2.45, 2.75) is 19.5 Å². The molecule has 2 N–H and O–H groups in total. The van der Waals surface area contributed by atoms with Crippen molar-refractivity contribution in [3.05, 3.63) is 46.8 Å². The molecule has 0 spiro atoms. The molecule has 2 rings (SSSR count). The second-order valence-corrected chi connectivity index (χ2v) is 5.07. The van der Waals surface area contributed by atoms with Crippen LogP contribution in [0.1, 0.15) is 6.92 Å². The Kier molecular flexibility index (Phi) is 5.31. The number of aromatic nitrogens is 2. The van der Waals surface area contributed by atoms with Crippen LogP contribution in [0.5, 0.6) is 5.75 Å². The van der Waals surface area contributed by atoms with Gasteiger partial charge >= 0.3 is 5.97 Å². The first-order valence-corrected chi connectivity index (χ1v) is 7.15. The number of rotatable bonds is 6. The largest absolute Gasteiger partial charge is 0.497 e. The molecule has 0 saturated heterocycles. The molecule has 0 unspecified atom stereocenters. The van der Waals surface area contributed by atoms with E-state index in [4.69, 9.17) is 9.84 Å². The summed E-state index contributed by atoms with van der Waals surface area (Å²) in [6.45, 7) is 0.970. The average molecular weight is 331 g/mol. The number of benzene rings is 1. The number of hydrogen-bond donors (Lipinski definition) is 2. The van der Waals surface area contributed by atoms with Crippen LogP contribution in [-0.2, 0) is 16.1 Å². The Morgan fingerprint density at radius 3 is 2.75 bits per heavy atom. The third-order valence-corrected chi connectivity index (χ3v) is 3.27. The highest BCUT2D eigenvalue weighted by Crippen LogP contribution is 2.20. The standard InChI is InChI=1S/C16H17N3O5/c1-10(16(22)23)17-14(20)9-19-15(21)7-6-13(18-19)11-4-3-5-12(8-11)24-2/h3-8,10H,9H2,1-2H3,(H,17,20)(H,22,23)/t10-/m1/s1. The van der Waals surface area contributed by atoms with Crippen LogP contribution >= 0.6 is 0 Å². The van der Waals surface area contributed by atoms with E-state index in [2.05, 4.69) is 10.4 Å². The number of carbonyl (C=O) groups excluding carboxylic acids is 1. The number of aliphatic carboxylic acids is 1. The second kappa shape index (κ2) is 7.40. The van der Waals surface area contributed by atoms with Crippen LogP contribution in [0.2, 0.25) is 0 Å². The maximum atomic E-state index is 11.9. The quantitative estimate of drug-likeness (QED) is 0.798. The summed E-state index contributed by atoms with van der Waals surface area (Å²) in [4.78, 5) is 34.4. The lowest BCUT2D eigenvalue weighted by atomic mass is 10.1. The summed E-state index contributed by atoms with van der Waals surface area (Å²) in [6, 6.07) is 8.92. The third-order valence-electron chi connectivity index (χ3n) is 3.27. The number of carboxylic acids is 1. The maximum absolute atomic E-state index is 11.9. The van der Waals surface area contributed by atoms with E-state index >= 15 is 0 Å². The number of amides is 1. The lowest BCUT2D eigenvalue weighted by Gasteiger charge is -2.11. The fraction of sp³-hybridized carbons (Fsp3) is 0.250. The van der Waals surface area contributed by atoms with Crippen molar-refractivity contribution in [1.82, 2.24) is 15.1 Å². The molecule has 0 radical (unpaired) electrons. The van der Waals surface area contributed by atoms with Gasteiger partial charge in [0.2, 0.25) is 5.91 Å². The number of carbonyl (C=O) groups is 2. The molecule has 0 fully saturated rings. The number of carboxylic acid groups (broad SMARTS) is 1. The summed E-state index contributed by atoms with van der Waals surface area (Å²) in [5.41, 5.74) is 0.759. The molecule has 1 amide bonds. The SMILES string of the molecule is COc1cccc(-c2ccc(=O)n(CC(=O)N[C@H](C)C(=O)O)n2)c1. The van der Waals surface area contributed by atoms with Crippen molar-refractivity contribution in [2.24, 2.45) is 0 Å². The molecule has 1 aromatic carbocycles. The lowest BCUT2D eigenvalue weighted by Crippen LogP contribution is -2.41. The summed E-state index contributed by atoms with van der Waals surface area (Å²) in [5, 5.41) is 15.2. The number of hydrogen-bond acceptors (Lipinski definition) is 5. The topological polar surface area (TPSA) is 111 Å². The molecule has 24 heavy (non-hydrogen) atoms. The smallest absolute Gasteiger partial charge is 0.325 e. The molecule has 1 atom stereocenters. The molecule has 126 valence electrons. The minimum Gasteiger partial charge on any atom is -0.497 e. The maximum Gasteiger partial charge on any atom is 0.325 e. The molecule has 8 heteroatoms. The van der Waals surface area contributed by atoms with Gasteiger partial charge in [0.15, 0.2) is 0 Å². The fourth-order valence-electron chi connectivity index (χ4n) is 1.98. The normalized spacial score (nSPS) is 11.6. The Morgan fingerprint density at radius 2 is 2.08 bits per heavy atom. The highest BCUT2D eigenvalue weighted by Gasteiger charge is 2.15. The number of nitrogens with one attached hydrogen (secondary N) is 1. The van der Waals surface area contributed by atoms with Gasteiger partial charge in [-0.3, -0.25) is 14.4 Å². The zero-order valence-electron chi connectivity index (χ0n) is 13.2. The number of ether oxygens (including phenoxy) is 1. The zero-order valence-corrected chi connectivity index (χ0v) is 13.2. The Bertz CT molecular complexity index is 815. The highest BCUT2D eigenvalue weighted by atomic mass is 16.5. The average Bonchev–Trinajstić information content (AvgIpc) is 2.56. The first-order valence-electron chi connectivity index (χ1n) is 7.15. The molecular weight excluding hydrogens is 314 g/mol. The predicted octanol–water partition coefficient (Wildman–Crippen LogP) is 0.508. The monoisotopic (exact) mass is 331 g/mol. The minimum atomic E-state index is -1.16. The van der Waals surface area contributed by atoms with Gasteiger partial charge in [-0.05, 0) is 25.1 Å². The van der Waals surface area contributed by atoms with Crippen molar-refractivity contribution in [3.8, 4) is 17.0 Å². The van der Waals surface area contributed by atoms with Crippen molar-refractivity contribution in [2.75, 3.05) is 7.11 Å². The van der Waals surface area contributed by atoms with E-state index in [1.54, 1.807) is 37.4 Å². The Balaban J connectivity index is 2.24. The van der Waals surface area contributed by atoms with E-state index in [9.17, 15) is 14.4 Å².